The summed E-state index contributed by atoms with van der Waals surface area (Å²) >= 11 is 0. The second-order valence-electron chi connectivity index (χ2n) is 5.09. The van der Waals surface area contributed by atoms with Gasteiger partial charge in [-0.3, -0.25) is 4.79 Å². The SMILES string of the molecule is O=C(c1ccccc1)N(N=Cc1ccccc1)c1ccccc1F. The molecule has 0 saturated heterocycles. The molecule has 0 heterocycles. The first-order valence-electron chi connectivity index (χ1n) is 7.49. The lowest BCUT2D eigenvalue weighted by atomic mass is 10.2. The van der Waals surface area contributed by atoms with Crippen LogP contribution in [0.4, 0.5) is 10.1 Å². The van der Waals surface area contributed by atoms with Crippen LogP contribution in [0.5, 0.6) is 0 Å². The molecule has 0 fully saturated rings. The first-order valence-corrected chi connectivity index (χ1v) is 7.49. The van der Waals surface area contributed by atoms with Crippen molar-refractivity contribution in [2.75, 3.05) is 5.01 Å². The van der Waals surface area contributed by atoms with Gasteiger partial charge in [0.15, 0.2) is 0 Å². The zero-order valence-electron chi connectivity index (χ0n) is 12.8. The Balaban J connectivity index is 2.00. The van der Waals surface area contributed by atoms with Gasteiger partial charge in [-0.1, -0.05) is 60.7 Å². The van der Waals surface area contributed by atoms with Gasteiger partial charge >= 0.3 is 0 Å². The number of carbonyl (C=O) groups excluding carboxylic acids is 1. The first-order chi connectivity index (χ1) is 11.8. The molecule has 3 aromatic rings. The third-order valence-corrected chi connectivity index (χ3v) is 3.42. The van der Waals surface area contributed by atoms with Crippen LogP contribution in [0.15, 0.2) is 90.0 Å². The Kier molecular flexibility index (Phi) is 4.77. The van der Waals surface area contributed by atoms with Crippen molar-refractivity contribution in [3.63, 3.8) is 0 Å². The van der Waals surface area contributed by atoms with Crippen molar-refractivity contribution in [1.82, 2.24) is 0 Å². The van der Waals surface area contributed by atoms with E-state index in [0.29, 0.717) is 5.56 Å². The summed E-state index contributed by atoms with van der Waals surface area (Å²) in [7, 11) is 0. The molecule has 3 rings (SSSR count). The fourth-order valence-corrected chi connectivity index (χ4v) is 2.21. The van der Waals surface area contributed by atoms with Crippen molar-refractivity contribution in [3.8, 4) is 0 Å². The molecule has 0 atom stereocenters. The second-order valence-corrected chi connectivity index (χ2v) is 5.09. The minimum Gasteiger partial charge on any atom is -0.267 e. The number of amides is 1. The molecule has 0 aliphatic rings. The van der Waals surface area contributed by atoms with Gasteiger partial charge < -0.3 is 0 Å². The third-order valence-electron chi connectivity index (χ3n) is 3.42. The summed E-state index contributed by atoms with van der Waals surface area (Å²) in [5.74, 6) is -0.903. The molecule has 0 spiro atoms. The van der Waals surface area contributed by atoms with E-state index in [1.165, 1.54) is 18.3 Å². The van der Waals surface area contributed by atoms with Gasteiger partial charge in [-0.25, -0.2) is 4.39 Å². The second kappa shape index (κ2) is 7.33. The Morgan fingerprint density at radius 2 is 1.42 bits per heavy atom. The summed E-state index contributed by atoms with van der Waals surface area (Å²) in [5, 5.41) is 5.30. The smallest absolute Gasteiger partial charge is 0.267 e. The van der Waals surface area contributed by atoms with Crippen LogP contribution in [0, 0.1) is 5.82 Å². The molecule has 4 heteroatoms. The molecule has 118 valence electrons. The van der Waals surface area contributed by atoms with Gasteiger partial charge in [-0.15, -0.1) is 0 Å². The summed E-state index contributed by atoms with van der Waals surface area (Å²) in [5.41, 5.74) is 1.36. The molecule has 0 saturated carbocycles. The maximum Gasteiger partial charge on any atom is 0.278 e. The van der Waals surface area contributed by atoms with E-state index >= 15 is 0 Å². The Morgan fingerprint density at radius 1 is 0.833 bits per heavy atom. The zero-order valence-corrected chi connectivity index (χ0v) is 12.8. The predicted molar refractivity (Wildman–Crippen MR) is 93.7 cm³/mol. The first kappa shape index (κ1) is 15.6. The van der Waals surface area contributed by atoms with Crippen molar-refractivity contribution in [1.29, 1.82) is 0 Å². The van der Waals surface area contributed by atoms with Crippen molar-refractivity contribution in [2.24, 2.45) is 5.10 Å². The molecular formula is C20H15FN2O. The van der Waals surface area contributed by atoms with Gasteiger partial charge in [0.25, 0.3) is 5.91 Å². The zero-order chi connectivity index (χ0) is 16.8. The van der Waals surface area contributed by atoms with Crippen LogP contribution >= 0.6 is 0 Å². The number of anilines is 1. The number of halogens is 1. The molecule has 0 unspecified atom stereocenters. The van der Waals surface area contributed by atoms with E-state index in [-0.39, 0.29) is 5.69 Å². The highest BCUT2D eigenvalue weighted by atomic mass is 19.1. The number of nitrogens with zero attached hydrogens (tertiary/aromatic N) is 2. The normalized spacial score (nSPS) is 10.7. The maximum atomic E-state index is 14.2. The number of hydrogen-bond donors (Lipinski definition) is 0. The van der Waals surface area contributed by atoms with Gasteiger partial charge in [0.05, 0.1) is 6.21 Å². The van der Waals surface area contributed by atoms with Gasteiger partial charge in [0.2, 0.25) is 0 Å². The molecule has 0 bridgehead atoms. The van der Waals surface area contributed by atoms with E-state index in [4.69, 9.17) is 0 Å². The Hall–Kier alpha value is -3.27. The van der Waals surface area contributed by atoms with Crippen LogP contribution < -0.4 is 5.01 Å². The Bertz CT molecular complexity index is 848. The van der Waals surface area contributed by atoms with Gasteiger partial charge in [-0.2, -0.15) is 10.1 Å². The Labute approximate surface area is 139 Å². The summed E-state index contributed by atoms with van der Waals surface area (Å²) in [6.07, 6.45) is 1.54. The van der Waals surface area contributed by atoms with E-state index in [1.807, 2.05) is 36.4 Å². The number of hydrogen-bond acceptors (Lipinski definition) is 2. The summed E-state index contributed by atoms with van der Waals surface area (Å²) < 4.78 is 14.2. The highest BCUT2D eigenvalue weighted by Crippen LogP contribution is 2.21. The minimum absolute atomic E-state index is 0.110. The van der Waals surface area contributed by atoms with E-state index in [9.17, 15) is 9.18 Å². The number of hydrazone groups is 1. The largest absolute Gasteiger partial charge is 0.278 e. The maximum absolute atomic E-state index is 14.2. The van der Waals surface area contributed by atoms with Crippen LogP contribution in [0.1, 0.15) is 15.9 Å². The van der Waals surface area contributed by atoms with Crippen molar-refractivity contribution in [2.45, 2.75) is 0 Å². The van der Waals surface area contributed by atoms with Crippen LogP contribution in [-0.2, 0) is 0 Å². The highest BCUT2D eigenvalue weighted by molar-refractivity contribution is 6.06. The van der Waals surface area contributed by atoms with E-state index in [0.717, 1.165) is 10.6 Å². The topological polar surface area (TPSA) is 32.7 Å². The molecule has 0 aromatic heterocycles. The quantitative estimate of drug-likeness (QED) is 0.515. The van der Waals surface area contributed by atoms with Crippen LogP contribution in [0.3, 0.4) is 0 Å². The van der Waals surface area contributed by atoms with Crippen LogP contribution in [-0.4, -0.2) is 12.1 Å². The molecule has 1 amide bonds. The molecular weight excluding hydrogens is 303 g/mol. The van der Waals surface area contributed by atoms with Crippen molar-refractivity contribution in [3.05, 3.63) is 102 Å². The molecule has 0 aliphatic heterocycles. The predicted octanol–water partition coefficient (Wildman–Crippen LogP) is 4.51. The number of para-hydroxylation sites is 1. The summed E-state index contributed by atoms with van der Waals surface area (Å²) in [4.78, 5) is 12.8. The standard InChI is InChI=1S/C20H15FN2O/c21-18-13-7-8-14-19(18)23(20(24)17-11-5-2-6-12-17)22-15-16-9-3-1-4-10-16/h1-15H. The van der Waals surface area contributed by atoms with Crippen molar-refractivity contribution >= 4 is 17.8 Å². The van der Waals surface area contributed by atoms with Gasteiger partial charge in [0.1, 0.15) is 11.5 Å². The molecule has 0 N–H and O–H groups in total. The average molecular weight is 318 g/mol. The fraction of sp³-hybridized carbons (Fsp3) is 0. The molecule has 3 aromatic carbocycles. The molecule has 0 radical (unpaired) electrons. The molecule has 3 nitrogen and oxygen atoms in total. The lowest BCUT2D eigenvalue weighted by Crippen LogP contribution is -2.26. The third kappa shape index (κ3) is 3.55. The van der Waals surface area contributed by atoms with E-state index in [1.54, 1.807) is 36.4 Å². The Morgan fingerprint density at radius 3 is 2.08 bits per heavy atom. The average Bonchev–Trinajstić information content (AvgIpc) is 2.64. The number of carbonyl (C=O) groups is 1. The summed E-state index contributed by atoms with van der Waals surface area (Å²) in [6.45, 7) is 0. The highest BCUT2D eigenvalue weighted by Gasteiger charge is 2.19. The van der Waals surface area contributed by atoms with E-state index < -0.39 is 11.7 Å². The molecule has 0 aliphatic carbocycles. The monoisotopic (exact) mass is 318 g/mol. The number of rotatable bonds is 4. The summed E-state index contributed by atoms with van der Waals surface area (Å²) in [6, 6.07) is 24.1. The van der Waals surface area contributed by atoms with Crippen LogP contribution in [0.2, 0.25) is 0 Å². The van der Waals surface area contributed by atoms with Gasteiger partial charge in [-0.05, 0) is 29.8 Å². The van der Waals surface area contributed by atoms with Gasteiger partial charge in [0, 0.05) is 5.56 Å². The number of benzene rings is 3. The minimum atomic E-state index is -0.507. The van der Waals surface area contributed by atoms with Crippen molar-refractivity contribution < 1.29 is 9.18 Å². The lowest BCUT2D eigenvalue weighted by Gasteiger charge is -2.17. The lowest BCUT2D eigenvalue weighted by molar-refractivity contribution is 0.0987. The molecule has 24 heavy (non-hydrogen) atoms. The van der Waals surface area contributed by atoms with Crippen LogP contribution in [0.25, 0.3) is 0 Å². The fourth-order valence-electron chi connectivity index (χ4n) is 2.21. The van der Waals surface area contributed by atoms with E-state index in [2.05, 4.69) is 5.10 Å².